The first-order valence-electron chi connectivity index (χ1n) is 5.34. The third-order valence-corrected chi connectivity index (χ3v) is 1.89. The Morgan fingerprint density at radius 3 is 2.08 bits per heavy atom. The van der Waals surface area contributed by atoms with E-state index in [-0.39, 0.29) is 0 Å². The Kier molecular flexibility index (Phi) is 10.9. The summed E-state index contributed by atoms with van der Waals surface area (Å²) in [6.45, 7) is 2.53. The quantitative estimate of drug-likeness (QED) is 0.450. The van der Waals surface area contributed by atoms with Gasteiger partial charge in [0.2, 0.25) is 0 Å². The van der Waals surface area contributed by atoms with Gasteiger partial charge in [0.05, 0.1) is 0 Å². The zero-order valence-electron chi connectivity index (χ0n) is 8.71. The van der Waals surface area contributed by atoms with Crippen molar-refractivity contribution in [3.63, 3.8) is 0 Å². The van der Waals surface area contributed by atoms with Gasteiger partial charge in [-0.2, -0.15) is 0 Å². The Bertz CT molecular complexity index is 136. The van der Waals surface area contributed by atoms with E-state index in [4.69, 9.17) is 5.11 Å². The molecule has 13 heavy (non-hydrogen) atoms. The summed E-state index contributed by atoms with van der Waals surface area (Å²) >= 11 is 0. The van der Waals surface area contributed by atoms with Gasteiger partial charge in [0.25, 0.3) is 0 Å². The Labute approximate surface area is 82.2 Å². The van der Waals surface area contributed by atoms with Gasteiger partial charge < -0.3 is 5.11 Å². The molecule has 0 bridgehead atoms. The van der Waals surface area contributed by atoms with Gasteiger partial charge in [0.15, 0.2) is 0 Å². The van der Waals surface area contributed by atoms with Crippen molar-refractivity contribution in [2.24, 2.45) is 0 Å². The van der Waals surface area contributed by atoms with Crippen molar-refractivity contribution in [1.29, 1.82) is 0 Å². The van der Waals surface area contributed by atoms with Crippen LogP contribution in [0.3, 0.4) is 0 Å². The number of aliphatic hydroxyl groups is 1. The minimum Gasteiger partial charge on any atom is -0.396 e. The summed E-state index contributed by atoms with van der Waals surface area (Å²) in [4.78, 5) is 0. The molecular formula is C12H22O. The largest absolute Gasteiger partial charge is 0.396 e. The van der Waals surface area contributed by atoms with Crippen molar-refractivity contribution >= 4 is 0 Å². The van der Waals surface area contributed by atoms with E-state index in [0.29, 0.717) is 6.61 Å². The minimum absolute atomic E-state index is 0.320. The van der Waals surface area contributed by atoms with Crippen LogP contribution in [-0.4, -0.2) is 11.7 Å². The van der Waals surface area contributed by atoms with E-state index < -0.39 is 0 Å². The number of unbranched alkanes of at least 4 members (excludes halogenated alkanes) is 4. The summed E-state index contributed by atoms with van der Waals surface area (Å²) in [5.41, 5.74) is 0. The second-order valence-electron chi connectivity index (χ2n) is 3.22. The highest BCUT2D eigenvalue weighted by molar-refractivity contribution is 5.02. The fourth-order valence-corrected chi connectivity index (χ4v) is 1.05. The monoisotopic (exact) mass is 182 g/mol. The van der Waals surface area contributed by atoms with E-state index in [2.05, 4.69) is 31.2 Å². The van der Waals surface area contributed by atoms with Crippen LogP contribution in [0.4, 0.5) is 0 Å². The molecule has 0 fully saturated rings. The molecule has 1 N–H and O–H groups in total. The lowest BCUT2D eigenvalue weighted by molar-refractivity contribution is 0.285. The van der Waals surface area contributed by atoms with Crippen LogP contribution < -0.4 is 0 Å². The zero-order chi connectivity index (χ0) is 9.78. The van der Waals surface area contributed by atoms with Gasteiger partial charge in [-0.25, -0.2) is 0 Å². The molecule has 1 heteroatoms. The van der Waals surface area contributed by atoms with Crippen LogP contribution in [-0.2, 0) is 0 Å². The first-order valence-corrected chi connectivity index (χ1v) is 5.34. The van der Waals surface area contributed by atoms with Gasteiger partial charge in [-0.05, 0) is 25.7 Å². The molecule has 0 aromatic heterocycles. The Hall–Kier alpha value is -0.560. The highest BCUT2D eigenvalue weighted by Gasteiger charge is 1.80. The lowest BCUT2D eigenvalue weighted by Crippen LogP contribution is -1.79. The summed E-state index contributed by atoms with van der Waals surface area (Å²) in [6, 6.07) is 0. The van der Waals surface area contributed by atoms with Crippen molar-refractivity contribution in [2.75, 3.05) is 6.61 Å². The summed E-state index contributed by atoms with van der Waals surface area (Å²) < 4.78 is 0. The van der Waals surface area contributed by atoms with Gasteiger partial charge in [-0.15, -0.1) is 0 Å². The minimum atomic E-state index is 0.320. The molecule has 76 valence electrons. The van der Waals surface area contributed by atoms with Crippen molar-refractivity contribution in [1.82, 2.24) is 0 Å². The van der Waals surface area contributed by atoms with Gasteiger partial charge in [-0.3, -0.25) is 0 Å². The van der Waals surface area contributed by atoms with Crippen molar-refractivity contribution < 1.29 is 5.11 Å². The molecule has 0 atom stereocenters. The molecular weight excluding hydrogens is 160 g/mol. The van der Waals surface area contributed by atoms with Crippen LogP contribution in [0.1, 0.15) is 45.4 Å². The summed E-state index contributed by atoms with van der Waals surface area (Å²) in [6.07, 6.45) is 15.4. The lowest BCUT2D eigenvalue weighted by Gasteiger charge is -1.89. The lowest BCUT2D eigenvalue weighted by atomic mass is 10.2. The smallest absolute Gasteiger partial charge is 0.0431 e. The molecule has 0 aliphatic heterocycles. The second-order valence-corrected chi connectivity index (χ2v) is 3.22. The van der Waals surface area contributed by atoms with E-state index in [1.807, 2.05) is 0 Å². The van der Waals surface area contributed by atoms with Gasteiger partial charge in [-0.1, -0.05) is 44.1 Å². The van der Waals surface area contributed by atoms with E-state index in [0.717, 1.165) is 19.3 Å². The molecule has 0 saturated heterocycles. The standard InChI is InChI=1S/C12H22O/c1-2-3-4-5-6-7-8-9-10-11-12-13/h5-8,13H,2-4,9-12H2,1H3. The number of allylic oxidation sites excluding steroid dienone is 4. The normalized spacial score (nSPS) is 11.8. The Morgan fingerprint density at radius 1 is 0.923 bits per heavy atom. The molecule has 0 unspecified atom stereocenters. The Morgan fingerprint density at radius 2 is 1.54 bits per heavy atom. The highest BCUT2D eigenvalue weighted by atomic mass is 16.2. The maximum absolute atomic E-state index is 8.53. The summed E-state index contributed by atoms with van der Waals surface area (Å²) in [5, 5.41) is 8.53. The van der Waals surface area contributed by atoms with Crippen LogP contribution >= 0.6 is 0 Å². The van der Waals surface area contributed by atoms with Gasteiger partial charge in [0.1, 0.15) is 0 Å². The van der Waals surface area contributed by atoms with E-state index in [1.54, 1.807) is 0 Å². The van der Waals surface area contributed by atoms with E-state index in [9.17, 15) is 0 Å². The molecule has 0 rings (SSSR count). The third kappa shape index (κ3) is 11.4. The summed E-state index contributed by atoms with van der Waals surface area (Å²) in [7, 11) is 0. The van der Waals surface area contributed by atoms with E-state index in [1.165, 1.54) is 19.3 Å². The van der Waals surface area contributed by atoms with Gasteiger partial charge in [0, 0.05) is 6.61 Å². The van der Waals surface area contributed by atoms with Crippen molar-refractivity contribution in [3.8, 4) is 0 Å². The average molecular weight is 182 g/mol. The number of rotatable bonds is 8. The van der Waals surface area contributed by atoms with Crippen molar-refractivity contribution in [2.45, 2.75) is 45.4 Å². The molecule has 0 aromatic rings. The van der Waals surface area contributed by atoms with Crippen LogP contribution in [0.5, 0.6) is 0 Å². The maximum Gasteiger partial charge on any atom is 0.0431 e. The molecule has 0 aliphatic rings. The van der Waals surface area contributed by atoms with Crippen molar-refractivity contribution in [3.05, 3.63) is 24.3 Å². The fraction of sp³-hybridized carbons (Fsp3) is 0.667. The molecule has 0 aromatic carbocycles. The SMILES string of the molecule is CCCCC=CC=CCCCCO. The average Bonchev–Trinajstić information content (AvgIpc) is 2.16. The number of aliphatic hydroxyl groups excluding tert-OH is 1. The van der Waals surface area contributed by atoms with Crippen LogP contribution in [0.25, 0.3) is 0 Å². The molecule has 0 heterocycles. The predicted octanol–water partition coefficient (Wildman–Crippen LogP) is 3.45. The first kappa shape index (κ1) is 12.4. The van der Waals surface area contributed by atoms with Crippen LogP contribution in [0.15, 0.2) is 24.3 Å². The second kappa shape index (κ2) is 11.4. The molecule has 0 radical (unpaired) electrons. The molecule has 0 saturated carbocycles. The fourth-order valence-electron chi connectivity index (χ4n) is 1.05. The first-order chi connectivity index (χ1) is 6.41. The topological polar surface area (TPSA) is 20.2 Å². The summed E-state index contributed by atoms with van der Waals surface area (Å²) in [5.74, 6) is 0. The van der Waals surface area contributed by atoms with E-state index >= 15 is 0 Å². The predicted molar refractivity (Wildman–Crippen MR) is 58.7 cm³/mol. The molecule has 0 aliphatic carbocycles. The molecule has 0 spiro atoms. The van der Waals surface area contributed by atoms with Crippen LogP contribution in [0, 0.1) is 0 Å². The highest BCUT2D eigenvalue weighted by Crippen LogP contribution is 1.97. The zero-order valence-corrected chi connectivity index (χ0v) is 8.71. The molecule has 0 amide bonds. The number of hydrogen-bond donors (Lipinski definition) is 1. The third-order valence-electron chi connectivity index (χ3n) is 1.89. The Balaban J connectivity index is 3.15. The van der Waals surface area contributed by atoms with Crippen LogP contribution in [0.2, 0.25) is 0 Å². The number of hydrogen-bond acceptors (Lipinski definition) is 1. The molecule has 1 nitrogen and oxygen atoms in total. The maximum atomic E-state index is 8.53. The van der Waals surface area contributed by atoms with Gasteiger partial charge >= 0.3 is 0 Å².